The summed E-state index contributed by atoms with van der Waals surface area (Å²) in [6, 6.07) is 2.04. The number of aryl methyl sites for hydroxylation is 2. The second kappa shape index (κ2) is 5.21. The van der Waals surface area contributed by atoms with E-state index in [2.05, 4.69) is 12.0 Å². The van der Waals surface area contributed by atoms with Crippen LogP contribution in [0.3, 0.4) is 0 Å². The van der Waals surface area contributed by atoms with Crippen LogP contribution in [0.25, 0.3) is 0 Å². The van der Waals surface area contributed by atoms with Crippen molar-refractivity contribution in [1.29, 1.82) is 0 Å². The fourth-order valence-corrected chi connectivity index (χ4v) is 2.88. The van der Waals surface area contributed by atoms with Crippen molar-refractivity contribution in [2.24, 2.45) is 13.0 Å². The first-order chi connectivity index (χ1) is 8.13. The highest BCUT2D eigenvalue weighted by atomic mass is 16.3. The molecule has 1 aliphatic carbocycles. The van der Waals surface area contributed by atoms with Crippen LogP contribution in [0.2, 0.25) is 0 Å². The first kappa shape index (κ1) is 12.6. The van der Waals surface area contributed by atoms with Crippen molar-refractivity contribution in [2.75, 3.05) is 0 Å². The van der Waals surface area contributed by atoms with Gasteiger partial charge in [0.05, 0.1) is 5.60 Å². The van der Waals surface area contributed by atoms with Gasteiger partial charge in [0.15, 0.2) is 0 Å². The molecule has 96 valence electrons. The van der Waals surface area contributed by atoms with Crippen molar-refractivity contribution in [3.8, 4) is 0 Å². The second-order valence-corrected chi connectivity index (χ2v) is 5.52. The molecule has 0 saturated heterocycles. The van der Waals surface area contributed by atoms with Gasteiger partial charge in [0.2, 0.25) is 0 Å². The maximum atomic E-state index is 10.5. The normalized spacial score (nSPS) is 29.5. The smallest absolute Gasteiger partial charge is 0.0651 e. The third kappa shape index (κ3) is 3.09. The third-order valence-corrected chi connectivity index (χ3v) is 4.38. The first-order valence-electron chi connectivity index (χ1n) is 6.82. The predicted octanol–water partition coefficient (Wildman–Crippen LogP) is 2.68. The molecule has 1 N–H and O–H groups in total. The van der Waals surface area contributed by atoms with Gasteiger partial charge in [0, 0.05) is 18.9 Å². The van der Waals surface area contributed by atoms with E-state index in [1.165, 1.54) is 25.0 Å². The monoisotopic (exact) mass is 236 g/mol. The van der Waals surface area contributed by atoms with E-state index in [1.807, 2.05) is 24.0 Å². The molecule has 0 bridgehead atoms. The second-order valence-electron chi connectivity index (χ2n) is 5.52. The van der Waals surface area contributed by atoms with Gasteiger partial charge in [-0.2, -0.15) is 5.10 Å². The van der Waals surface area contributed by atoms with Crippen LogP contribution in [0, 0.1) is 5.92 Å². The molecule has 0 aliphatic heterocycles. The van der Waals surface area contributed by atoms with Crippen LogP contribution in [0.1, 0.15) is 51.1 Å². The Labute approximate surface area is 104 Å². The maximum Gasteiger partial charge on any atom is 0.0651 e. The van der Waals surface area contributed by atoms with E-state index in [4.69, 9.17) is 0 Å². The molecule has 0 spiro atoms. The van der Waals surface area contributed by atoms with E-state index < -0.39 is 5.60 Å². The predicted molar refractivity (Wildman–Crippen MR) is 68.7 cm³/mol. The Hall–Kier alpha value is -0.830. The average molecular weight is 236 g/mol. The molecule has 1 heterocycles. The Kier molecular flexibility index (Phi) is 3.87. The van der Waals surface area contributed by atoms with Gasteiger partial charge in [-0.3, -0.25) is 4.68 Å². The maximum absolute atomic E-state index is 10.5. The molecular formula is C14H24N2O. The van der Waals surface area contributed by atoms with Gasteiger partial charge < -0.3 is 5.11 Å². The number of aliphatic hydroxyl groups is 1. The number of hydrogen-bond donors (Lipinski definition) is 1. The number of aromatic nitrogens is 2. The summed E-state index contributed by atoms with van der Waals surface area (Å²) in [5, 5.41) is 14.7. The van der Waals surface area contributed by atoms with Crippen LogP contribution in [-0.2, 0) is 13.5 Å². The van der Waals surface area contributed by atoms with Crippen molar-refractivity contribution in [3.63, 3.8) is 0 Å². The zero-order chi connectivity index (χ0) is 12.3. The molecule has 1 fully saturated rings. The van der Waals surface area contributed by atoms with Crippen LogP contribution in [0.5, 0.6) is 0 Å². The van der Waals surface area contributed by atoms with Crippen molar-refractivity contribution in [1.82, 2.24) is 9.78 Å². The third-order valence-electron chi connectivity index (χ3n) is 4.38. The van der Waals surface area contributed by atoms with Gasteiger partial charge in [-0.05, 0) is 50.5 Å². The quantitative estimate of drug-likeness (QED) is 0.873. The van der Waals surface area contributed by atoms with E-state index in [1.54, 1.807) is 0 Å². The summed E-state index contributed by atoms with van der Waals surface area (Å²) in [7, 11) is 1.97. The molecule has 3 nitrogen and oxygen atoms in total. The Morgan fingerprint density at radius 3 is 2.71 bits per heavy atom. The molecule has 0 radical (unpaired) electrons. The summed E-state index contributed by atoms with van der Waals surface area (Å²) in [4.78, 5) is 0. The lowest BCUT2D eigenvalue weighted by molar-refractivity contribution is -0.0169. The van der Waals surface area contributed by atoms with E-state index in [9.17, 15) is 5.11 Å². The van der Waals surface area contributed by atoms with Gasteiger partial charge in [0.25, 0.3) is 0 Å². The number of rotatable bonds is 4. The standard InChI is InChI=1S/C14H24N2O/c1-3-12-4-8-14(17,9-5-12)10-6-13-7-11-15-16(13)2/h7,11-12,17H,3-6,8-10H2,1-2H3. The van der Waals surface area contributed by atoms with Crippen molar-refractivity contribution >= 4 is 0 Å². The lowest BCUT2D eigenvalue weighted by Crippen LogP contribution is -2.34. The molecular weight excluding hydrogens is 212 g/mol. The number of nitrogens with zero attached hydrogens (tertiary/aromatic N) is 2. The largest absolute Gasteiger partial charge is 0.390 e. The minimum Gasteiger partial charge on any atom is -0.390 e. The van der Waals surface area contributed by atoms with Crippen LogP contribution in [0.4, 0.5) is 0 Å². The van der Waals surface area contributed by atoms with E-state index in [0.29, 0.717) is 0 Å². The average Bonchev–Trinajstić information content (AvgIpc) is 2.74. The van der Waals surface area contributed by atoms with Gasteiger partial charge >= 0.3 is 0 Å². The van der Waals surface area contributed by atoms with Crippen LogP contribution in [-0.4, -0.2) is 20.5 Å². The topological polar surface area (TPSA) is 38.1 Å². The molecule has 0 amide bonds. The minimum atomic E-state index is -0.421. The lowest BCUT2D eigenvalue weighted by Gasteiger charge is -2.35. The van der Waals surface area contributed by atoms with Gasteiger partial charge in [0.1, 0.15) is 0 Å². The molecule has 1 saturated carbocycles. The summed E-state index contributed by atoms with van der Waals surface area (Å²) in [6.45, 7) is 2.25. The fourth-order valence-electron chi connectivity index (χ4n) is 2.88. The zero-order valence-corrected chi connectivity index (χ0v) is 11.0. The van der Waals surface area contributed by atoms with Crippen molar-refractivity contribution < 1.29 is 5.11 Å². The first-order valence-corrected chi connectivity index (χ1v) is 6.82. The summed E-state index contributed by atoms with van der Waals surface area (Å²) >= 11 is 0. The summed E-state index contributed by atoms with van der Waals surface area (Å²) in [6.07, 6.45) is 9.24. The Morgan fingerprint density at radius 1 is 1.47 bits per heavy atom. The fraction of sp³-hybridized carbons (Fsp3) is 0.786. The molecule has 1 aromatic rings. The SMILES string of the molecule is CCC1CCC(O)(CCc2ccnn2C)CC1. The number of hydrogen-bond acceptors (Lipinski definition) is 2. The molecule has 0 aromatic carbocycles. The van der Waals surface area contributed by atoms with Gasteiger partial charge in [-0.1, -0.05) is 13.3 Å². The molecule has 3 heteroatoms. The molecule has 0 atom stereocenters. The summed E-state index contributed by atoms with van der Waals surface area (Å²) in [5.74, 6) is 0.840. The highest BCUT2D eigenvalue weighted by Crippen LogP contribution is 2.36. The van der Waals surface area contributed by atoms with Gasteiger partial charge in [-0.25, -0.2) is 0 Å². The Morgan fingerprint density at radius 2 is 2.18 bits per heavy atom. The zero-order valence-electron chi connectivity index (χ0n) is 11.0. The van der Waals surface area contributed by atoms with Gasteiger partial charge in [-0.15, -0.1) is 0 Å². The minimum absolute atomic E-state index is 0.421. The molecule has 0 unspecified atom stereocenters. The van der Waals surface area contributed by atoms with Crippen LogP contribution in [0.15, 0.2) is 12.3 Å². The van der Waals surface area contributed by atoms with Crippen LogP contribution < -0.4 is 0 Å². The van der Waals surface area contributed by atoms with Crippen molar-refractivity contribution in [3.05, 3.63) is 18.0 Å². The molecule has 17 heavy (non-hydrogen) atoms. The van der Waals surface area contributed by atoms with E-state index >= 15 is 0 Å². The lowest BCUT2D eigenvalue weighted by atomic mass is 9.75. The van der Waals surface area contributed by atoms with Crippen LogP contribution >= 0.6 is 0 Å². The Balaban J connectivity index is 1.85. The Bertz CT molecular complexity index is 351. The molecule has 1 aromatic heterocycles. The van der Waals surface area contributed by atoms with E-state index in [0.717, 1.165) is 31.6 Å². The summed E-state index contributed by atoms with van der Waals surface area (Å²) in [5.41, 5.74) is 0.798. The molecule has 1 aliphatic rings. The highest BCUT2D eigenvalue weighted by Gasteiger charge is 2.32. The summed E-state index contributed by atoms with van der Waals surface area (Å²) < 4.78 is 1.90. The highest BCUT2D eigenvalue weighted by molar-refractivity contribution is 5.01. The van der Waals surface area contributed by atoms with Crippen molar-refractivity contribution in [2.45, 2.75) is 57.5 Å². The molecule has 2 rings (SSSR count). The van der Waals surface area contributed by atoms with E-state index in [-0.39, 0.29) is 0 Å².